The first-order valence-electron chi connectivity index (χ1n) is 12.0. The number of hydrogen-bond donors (Lipinski definition) is 0. The summed E-state index contributed by atoms with van der Waals surface area (Å²) in [7, 11) is 0. The van der Waals surface area contributed by atoms with Crippen LogP contribution in [0.15, 0.2) is 47.6 Å². The summed E-state index contributed by atoms with van der Waals surface area (Å²) in [6.45, 7) is 6.19. The van der Waals surface area contributed by atoms with Crippen molar-refractivity contribution in [3.63, 3.8) is 0 Å². The fourth-order valence-electron chi connectivity index (χ4n) is 7.51. The molecule has 3 fully saturated rings. The lowest BCUT2D eigenvalue weighted by atomic mass is 9.48. The number of carbonyl (C=O) groups is 2. The molecule has 0 bridgehead atoms. The van der Waals surface area contributed by atoms with Crippen molar-refractivity contribution in [1.82, 2.24) is 0 Å². The molecule has 0 heterocycles. The minimum Gasteiger partial charge on any atom is -0.462 e. The molecule has 164 valence electrons. The lowest BCUT2D eigenvalue weighted by molar-refractivity contribution is -0.148. The summed E-state index contributed by atoms with van der Waals surface area (Å²) >= 11 is 0. The highest BCUT2D eigenvalue weighted by atomic mass is 16.5. The number of ketones is 1. The molecule has 6 atom stereocenters. The van der Waals surface area contributed by atoms with Gasteiger partial charge in [-0.2, -0.15) is 0 Å². The number of Topliss-reactive ketones (excluding diaryl/α,β-unsaturated/α-hetero) is 1. The lowest BCUT2D eigenvalue weighted by Gasteiger charge is -2.56. The maximum atomic E-state index is 13.5. The Bertz CT molecular complexity index is 958. The van der Waals surface area contributed by atoms with E-state index in [2.05, 4.69) is 38.1 Å². The summed E-state index contributed by atoms with van der Waals surface area (Å²) in [6.07, 6.45) is 11.7. The Labute approximate surface area is 185 Å². The van der Waals surface area contributed by atoms with Gasteiger partial charge in [0.2, 0.25) is 0 Å². The lowest BCUT2D eigenvalue weighted by Crippen LogP contribution is -2.50. The van der Waals surface area contributed by atoms with Gasteiger partial charge in [0.15, 0.2) is 5.78 Å². The molecule has 0 radical (unpaired) electrons. The Kier molecular flexibility index (Phi) is 4.99. The molecule has 3 heteroatoms. The van der Waals surface area contributed by atoms with E-state index in [1.54, 1.807) is 0 Å². The van der Waals surface area contributed by atoms with Gasteiger partial charge >= 0.3 is 5.97 Å². The molecule has 1 aromatic rings. The van der Waals surface area contributed by atoms with Crippen LogP contribution in [0.3, 0.4) is 0 Å². The zero-order valence-corrected chi connectivity index (χ0v) is 19.0. The number of allylic oxidation sites excluding steroid dienone is 2. The summed E-state index contributed by atoms with van der Waals surface area (Å²) < 4.78 is 5.56. The van der Waals surface area contributed by atoms with E-state index in [1.807, 2.05) is 18.2 Å². The maximum absolute atomic E-state index is 13.5. The highest BCUT2D eigenvalue weighted by Crippen LogP contribution is 2.64. The predicted octanol–water partition coefficient (Wildman–Crippen LogP) is 6.14. The topological polar surface area (TPSA) is 43.4 Å². The summed E-state index contributed by atoms with van der Waals surface area (Å²) in [5.74, 6) is 1.86. The van der Waals surface area contributed by atoms with Crippen LogP contribution in [0.1, 0.15) is 71.3 Å². The van der Waals surface area contributed by atoms with Crippen LogP contribution >= 0.6 is 0 Å². The van der Waals surface area contributed by atoms with Crippen molar-refractivity contribution >= 4 is 17.8 Å². The molecule has 0 spiro atoms. The van der Waals surface area contributed by atoms with Crippen LogP contribution in [0.25, 0.3) is 6.08 Å². The molecule has 0 aliphatic heterocycles. The van der Waals surface area contributed by atoms with E-state index in [9.17, 15) is 9.59 Å². The molecule has 0 saturated heterocycles. The van der Waals surface area contributed by atoms with Gasteiger partial charge in [-0.3, -0.25) is 9.59 Å². The Morgan fingerprint density at radius 3 is 2.52 bits per heavy atom. The van der Waals surface area contributed by atoms with E-state index in [1.165, 1.54) is 12.5 Å². The second kappa shape index (κ2) is 7.46. The van der Waals surface area contributed by atoms with Crippen molar-refractivity contribution in [2.24, 2.45) is 28.6 Å². The van der Waals surface area contributed by atoms with E-state index >= 15 is 0 Å². The SMILES string of the molecule is CC(=O)O[C@H]1CC[C@@]2(C)C(=CC[C@@H]3[C@H]4C/C(=C\c5ccccc5)C(=O)[C@]4(C)CC[C@H]32)C1. The largest absolute Gasteiger partial charge is 0.462 e. The summed E-state index contributed by atoms with van der Waals surface area (Å²) in [4.78, 5) is 25.0. The monoisotopic (exact) mass is 418 g/mol. The number of esters is 1. The van der Waals surface area contributed by atoms with E-state index < -0.39 is 0 Å². The molecular formula is C28H34O3. The normalized spacial score (nSPS) is 40.5. The van der Waals surface area contributed by atoms with Gasteiger partial charge in [0.1, 0.15) is 6.10 Å². The third kappa shape index (κ3) is 3.32. The predicted molar refractivity (Wildman–Crippen MR) is 122 cm³/mol. The van der Waals surface area contributed by atoms with E-state index in [0.717, 1.165) is 56.1 Å². The van der Waals surface area contributed by atoms with Gasteiger partial charge in [0.05, 0.1) is 0 Å². The number of carbonyl (C=O) groups excluding carboxylic acids is 2. The number of ether oxygens (including phenoxy) is 1. The molecule has 4 aliphatic rings. The third-order valence-electron chi connectivity index (χ3n) is 9.17. The minimum absolute atomic E-state index is 0.0377. The molecular weight excluding hydrogens is 384 g/mol. The first-order chi connectivity index (χ1) is 14.8. The maximum Gasteiger partial charge on any atom is 0.302 e. The molecule has 31 heavy (non-hydrogen) atoms. The quantitative estimate of drug-likeness (QED) is 0.329. The van der Waals surface area contributed by atoms with Gasteiger partial charge in [-0.1, -0.05) is 55.8 Å². The van der Waals surface area contributed by atoms with Crippen molar-refractivity contribution < 1.29 is 14.3 Å². The fourth-order valence-corrected chi connectivity index (χ4v) is 7.51. The third-order valence-corrected chi connectivity index (χ3v) is 9.17. The highest BCUT2D eigenvalue weighted by Gasteiger charge is 2.59. The fraction of sp³-hybridized carbons (Fsp3) is 0.571. The van der Waals surface area contributed by atoms with E-state index in [0.29, 0.717) is 23.5 Å². The molecule has 4 aliphatic carbocycles. The average molecular weight is 419 g/mol. The van der Waals surface area contributed by atoms with Gasteiger partial charge in [0, 0.05) is 18.8 Å². The number of fused-ring (bicyclic) bond motifs is 5. The van der Waals surface area contributed by atoms with E-state index in [4.69, 9.17) is 4.74 Å². The van der Waals surface area contributed by atoms with Crippen molar-refractivity contribution in [2.75, 3.05) is 0 Å². The zero-order chi connectivity index (χ0) is 21.8. The van der Waals surface area contributed by atoms with Crippen LogP contribution in [0, 0.1) is 28.6 Å². The number of rotatable bonds is 2. The van der Waals surface area contributed by atoms with Crippen LogP contribution in [0.2, 0.25) is 0 Å². The Morgan fingerprint density at radius 1 is 1.03 bits per heavy atom. The molecule has 0 aromatic heterocycles. The van der Waals surface area contributed by atoms with Crippen molar-refractivity contribution in [3.8, 4) is 0 Å². The van der Waals surface area contributed by atoms with Gasteiger partial charge in [-0.15, -0.1) is 0 Å². The van der Waals surface area contributed by atoms with Gasteiger partial charge < -0.3 is 4.74 Å². The molecule has 5 rings (SSSR count). The van der Waals surface area contributed by atoms with Gasteiger partial charge in [-0.25, -0.2) is 0 Å². The second-order valence-corrected chi connectivity index (χ2v) is 10.8. The van der Waals surface area contributed by atoms with Crippen LogP contribution in [0.4, 0.5) is 0 Å². The van der Waals surface area contributed by atoms with Crippen LogP contribution in [-0.4, -0.2) is 17.9 Å². The average Bonchev–Trinajstić information content (AvgIpc) is 2.99. The van der Waals surface area contributed by atoms with Crippen molar-refractivity contribution in [3.05, 3.63) is 53.1 Å². The van der Waals surface area contributed by atoms with Gasteiger partial charge in [0.25, 0.3) is 0 Å². The van der Waals surface area contributed by atoms with Crippen LogP contribution in [-0.2, 0) is 14.3 Å². The van der Waals surface area contributed by atoms with Gasteiger partial charge in [-0.05, 0) is 78.9 Å². The molecule has 3 saturated carbocycles. The first-order valence-corrected chi connectivity index (χ1v) is 12.0. The summed E-state index contributed by atoms with van der Waals surface area (Å²) in [5.41, 5.74) is 3.64. The number of hydrogen-bond acceptors (Lipinski definition) is 3. The summed E-state index contributed by atoms with van der Waals surface area (Å²) in [6, 6.07) is 10.3. The Morgan fingerprint density at radius 2 is 1.77 bits per heavy atom. The molecule has 0 N–H and O–H groups in total. The zero-order valence-electron chi connectivity index (χ0n) is 19.0. The van der Waals surface area contributed by atoms with E-state index in [-0.39, 0.29) is 22.9 Å². The molecule has 1 aromatic carbocycles. The minimum atomic E-state index is -0.210. The standard InChI is InChI=1S/C28H34O3/c1-18(29)31-22-11-13-27(2)21(17-22)9-10-23-24(27)12-14-28(3)25(23)16-20(26(28)30)15-19-7-5-4-6-8-19/h4-9,15,22-25H,10-14,16-17H2,1-3H3/b20-15+/t22-,23-,24+,25+,27-,28+/m0/s1. The van der Waals surface area contributed by atoms with Crippen molar-refractivity contribution in [1.29, 1.82) is 0 Å². The highest BCUT2D eigenvalue weighted by molar-refractivity contribution is 6.05. The summed E-state index contributed by atoms with van der Waals surface area (Å²) in [5, 5.41) is 0. The first kappa shape index (κ1) is 20.7. The van der Waals surface area contributed by atoms with Crippen LogP contribution < -0.4 is 0 Å². The molecule has 0 amide bonds. The smallest absolute Gasteiger partial charge is 0.302 e. The van der Waals surface area contributed by atoms with Crippen molar-refractivity contribution in [2.45, 2.75) is 71.8 Å². The number of benzene rings is 1. The Hall–Kier alpha value is -2.16. The van der Waals surface area contributed by atoms with Crippen LogP contribution in [0.5, 0.6) is 0 Å². The second-order valence-electron chi connectivity index (χ2n) is 10.8. The molecule has 3 nitrogen and oxygen atoms in total. The molecule has 0 unspecified atom stereocenters. The Balaban J connectivity index is 1.42.